The molecule has 0 saturated carbocycles. The number of allylic oxidation sites excluding steroid dienone is 2. The summed E-state index contributed by atoms with van der Waals surface area (Å²) in [5.41, 5.74) is 2.61. The monoisotopic (exact) mass is 394 g/mol. The second kappa shape index (κ2) is 13.9. The fourth-order valence-electron chi connectivity index (χ4n) is 4.32. The van der Waals surface area contributed by atoms with E-state index in [1.807, 2.05) is 11.8 Å². The van der Waals surface area contributed by atoms with Crippen molar-refractivity contribution in [3.8, 4) is 0 Å². The molecule has 0 radical (unpaired) electrons. The van der Waals surface area contributed by atoms with Crippen LogP contribution >= 0.6 is 11.8 Å². The summed E-state index contributed by atoms with van der Waals surface area (Å²) in [5, 5.41) is 0.461. The first-order valence-electron chi connectivity index (χ1n) is 11.7. The summed E-state index contributed by atoms with van der Waals surface area (Å²) in [6, 6.07) is 0. The van der Waals surface area contributed by atoms with Crippen molar-refractivity contribution in [2.45, 2.75) is 130 Å². The maximum atomic E-state index is 12.9. The molecule has 0 aromatic heterocycles. The van der Waals surface area contributed by atoms with Crippen molar-refractivity contribution in [2.24, 2.45) is 5.41 Å². The van der Waals surface area contributed by atoms with Crippen molar-refractivity contribution in [1.82, 2.24) is 0 Å². The molecule has 0 aromatic rings. The lowest BCUT2D eigenvalue weighted by Crippen LogP contribution is -2.33. The highest BCUT2D eigenvalue weighted by Gasteiger charge is 2.37. The molecule has 0 spiro atoms. The Kier molecular flexibility index (Phi) is 12.7. The number of hydrogen-bond donors (Lipinski definition) is 0. The maximum Gasteiger partial charge on any atom is 0.143 e. The number of carbonyl (C=O) groups excluding carboxylic acids is 1. The van der Waals surface area contributed by atoms with Crippen molar-refractivity contribution in [3.63, 3.8) is 0 Å². The van der Waals surface area contributed by atoms with Crippen LogP contribution in [0.1, 0.15) is 125 Å². The molecule has 0 heterocycles. The third kappa shape index (κ3) is 9.20. The van der Waals surface area contributed by atoms with Crippen LogP contribution < -0.4 is 0 Å². The Labute approximate surface area is 174 Å². The first-order chi connectivity index (χ1) is 12.9. The van der Waals surface area contributed by atoms with Gasteiger partial charge in [0.05, 0.1) is 0 Å². The smallest absolute Gasteiger partial charge is 0.143 e. The van der Waals surface area contributed by atoms with E-state index in [-0.39, 0.29) is 5.41 Å². The van der Waals surface area contributed by atoms with Gasteiger partial charge in [0, 0.05) is 17.1 Å². The zero-order chi connectivity index (χ0) is 20.1. The molecule has 0 saturated heterocycles. The molecule has 27 heavy (non-hydrogen) atoms. The molecule has 2 atom stereocenters. The summed E-state index contributed by atoms with van der Waals surface area (Å²) in [5.74, 6) is 1.69. The minimum absolute atomic E-state index is 0.186. The largest absolute Gasteiger partial charge is 0.299 e. The molecule has 1 aliphatic rings. The summed E-state index contributed by atoms with van der Waals surface area (Å²) in [6.45, 7) is 11.1. The molecule has 0 bridgehead atoms. The van der Waals surface area contributed by atoms with Crippen molar-refractivity contribution in [1.29, 1.82) is 0 Å². The van der Waals surface area contributed by atoms with E-state index in [0.717, 1.165) is 12.8 Å². The molecule has 2 heteroatoms. The Bertz CT molecular complexity index is 453. The van der Waals surface area contributed by atoms with Gasteiger partial charge in [-0.25, -0.2) is 0 Å². The highest BCUT2D eigenvalue weighted by atomic mass is 32.2. The van der Waals surface area contributed by atoms with Gasteiger partial charge in [-0.15, -0.1) is 0 Å². The van der Waals surface area contributed by atoms with Crippen LogP contribution in [0.15, 0.2) is 11.1 Å². The molecule has 0 aliphatic heterocycles. The molecular formula is C25H46OS. The van der Waals surface area contributed by atoms with Crippen LogP contribution in [-0.2, 0) is 4.79 Å². The number of unbranched alkanes of at least 4 members (excludes halogenated alkanes) is 9. The van der Waals surface area contributed by atoms with Crippen LogP contribution in [0.4, 0.5) is 0 Å². The van der Waals surface area contributed by atoms with E-state index in [0.29, 0.717) is 11.0 Å². The Balaban J connectivity index is 2.10. The molecule has 0 amide bonds. The molecule has 1 rings (SSSR count). The highest BCUT2D eigenvalue weighted by molar-refractivity contribution is 7.99. The SMILES string of the molecule is CCCCCCCCCCCCSC(C)CC(=O)C1(C)CCCC(C)=C1C. The predicted octanol–water partition coefficient (Wildman–Crippen LogP) is 8.51. The van der Waals surface area contributed by atoms with E-state index < -0.39 is 0 Å². The van der Waals surface area contributed by atoms with E-state index in [1.165, 1.54) is 93.9 Å². The summed E-state index contributed by atoms with van der Waals surface area (Å²) in [4.78, 5) is 12.9. The Morgan fingerprint density at radius 3 is 2.15 bits per heavy atom. The summed E-state index contributed by atoms with van der Waals surface area (Å²) in [6.07, 6.45) is 18.1. The number of ketones is 1. The Hall–Kier alpha value is -0.240. The van der Waals surface area contributed by atoms with Gasteiger partial charge in [0.25, 0.3) is 0 Å². The van der Waals surface area contributed by atoms with Crippen LogP contribution in [0.2, 0.25) is 0 Å². The second-order valence-corrected chi connectivity index (χ2v) is 10.6. The average molecular weight is 395 g/mol. The summed E-state index contributed by atoms with van der Waals surface area (Å²) in [7, 11) is 0. The highest BCUT2D eigenvalue weighted by Crippen LogP contribution is 2.42. The van der Waals surface area contributed by atoms with Gasteiger partial charge < -0.3 is 0 Å². The van der Waals surface area contributed by atoms with E-state index in [9.17, 15) is 4.79 Å². The third-order valence-corrected chi connectivity index (χ3v) is 7.95. The van der Waals surface area contributed by atoms with Gasteiger partial charge in [-0.3, -0.25) is 4.79 Å². The fourth-order valence-corrected chi connectivity index (χ4v) is 5.36. The predicted molar refractivity (Wildman–Crippen MR) is 124 cm³/mol. The maximum absolute atomic E-state index is 12.9. The molecular weight excluding hydrogens is 348 g/mol. The van der Waals surface area contributed by atoms with Crippen LogP contribution in [0.3, 0.4) is 0 Å². The molecule has 2 unspecified atom stereocenters. The molecule has 1 aliphatic carbocycles. The van der Waals surface area contributed by atoms with Gasteiger partial charge >= 0.3 is 0 Å². The Morgan fingerprint density at radius 1 is 1.00 bits per heavy atom. The number of rotatable bonds is 15. The number of Topliss-reactive ketones (excluding diaryl/α,β-unsaturated/α-hetero) is 1. The Morgan fingerprint density at radius 2 is 1.56 bits per heavy atom. The molecule has 0 fully saturated rings. The number of thioether (sulfide) groups is 1. The third-order valence-electron chi connectivity index (χ3n) is 6.68. The van der Waals surface area contributed by atoms with Crippen molar-refractivity contribution in [3.05, 3.63) is 11.1 Å². The summed E-state index contributed by atoms with van der Waals surface area (Å²) < 4.78 is 0. The van der Waals surface area contributed by atoms with Crippen LogP contribution in [-0.4, -0.2) is 16.8 Å². The first-order valence-corrected chi connectivity index (χ1v) is 12.8. The van der Waals surface area contributed by atoms with Crippen LogP contribution in [0.25, 0.3) is 0 Å². The average Bonchev–Trinajstić information content (AvgIpc) is 2.64. The lowest BCUT2D eigenvalue weighted by atomic mass is 9.68. The number of carbonyl (C=O) groups is 1. The van der Waals surface area contributed by atoms with Crippen LogP contribution in [0.5, 0.6) is 0 Å². The fraction of sp³-hybridized carbons (Fsp3) is 0.880. The zero-order valence-electron chi connectivity index (χ0n) is 19.0. The normalized spacial score (nSPS) is 21.5. The first kappa shape index (κ1) is 24.8. The summed E-state index contributed by atoms with van der Waals surface area (Å²) >= 11 is 2.01. The molecule has 1 nitrogen and oxygen atoms in total. The van der Waals surface area contributed by atoms with E-state index in [2.05, 4.69) is 34.6 Å². The van der Waals surface area contributed by atoms with Gasteiger partial charge in [0.15, 0.2) is 0 Å². The van der Waals surface area contributed by atoms with Gasteiger partial charge in [-0.05, 0) is 52.2 Å². The topological polar surface area (TPSA) is 17.1 Å². The van der Waals surface area contributed by atoms with E-state index in [4.69, 9.17) is 0 Å². The van der Waals surface area contributed by atoms with Gasteiger partial charge in [-0.1, -0.05) is 82.8 Å². The molecule has 0 aromatic carbocycles. The van der Waals surface area contributed by atoms with Crippen molar-refractivity contribution >= 4 is 17.5 Å². The van der Waals surface area contributed by atoms with Gasteiger partial charge in [0.1, 0.15) is 5.78 Å². The standard InChI is InChI=1S/C25H46OS/c1-6-7-8-9-10-11-12-13-14-15-19-27-22(3)20-24(26)25(5)18-16-17-21(2)23(25)4/h22H,6-20H2,1-5H3. The minimum Gasteiger partial charge on any atom is -0.299 e. The molecule has 158 valence electrons. The van der Waals surface area contributed by atoms with Gasteiger partial charge in [-0.2, -0.15) is 11.8 Å². The quantitative estimate of drug-likeness (QED) is 0.204. The number of hydrogen-bond acceptors (Lipinski definition) is 2. The lowest BCUT2D eigenvalue weighted by Gasteiger charge is -2.35. The zero-order valence-corrected chi connectivity index (χ0v) is 19.8. The van der Waals surface area contributed by atoms with Crippen molar-refractivity contribution < 1.29 is 4.79 Å². The van der Waals surface area contributed by atoms with Crippen LogP contribution in [0, 0.1) is 5.41 Å². The van der Waals surface area contributed by atoms with E-state index in [1.54, 1.807) is 0 Å². The van der Waals surface area contributed by atoms with E-state index >= 15 is 0 Å². The lowest BCUT2D eigenvalue weighted by molar-refractivity contribution is -0.126. The second-order valence-electron chi connectivity index (χ2n) is 9.08. The van der Waals surface area contributed by atoms with Crippen molar-refractivity contribution in [2.75, 3.05) is 5.75 Å². The molecule has 0 N–H and O–H groups in total. The minimum atomic E-state index is -0.186. The van der Waals surface area contributed by atoms with Gasteiger partial charge in [0.2, 0.25) is 0 Å².